The first-order valence-corrected chi connectivity index (χ1v) is 5.95. The Morgan fingerprint density at radius 3 is 2.24 bits per heavy atom. The highest BCUT2D eigenvalue weighted by Crippen LogP contribution is 2.50. The Morgan fingerprint density at radius 2 is 1.76 bits per heavy atom. The van der Waals surface area contributed by atoms with Gasteiger partial charge in [0.25, 0.3) is 0 Å². The van der Waals surface area contributed by atoms with E-state index in [1.165, 1.54) is 18.4 Å². The maximum Gasteiger partial charge on any atom is 0.0856 e. The second kappa shape index (κ2) is 3.67. The smallest absolute Gasteiger partial charge is 0.0856 e. The molecule has 1 atom stereocenters. The van der Waals surface area contributed by atoms with Crippen molar-refractivity contribution in [3.8, 4) is 5.69 Å². The zero-order valence-corrected chi connectivity index (χ0v) is 9.87. The average molecular weight is 228 g/mol. The molecule has 1 unspecified atom stereocenters. The summed E-state index contributed by atoms with van der Waals surface area (Å²) in [6.07, 6.45) is 5.75. The summed E-state index contributed by atoms with van der Waals surface area (Å²) in [5, 5.41) is 8.22. The third kappa shape index (κ3) is 1.65. The summed E-state index contributed by atoms with van der Waals surface area (Å²) in [7, 11) is 0. The molecule has 1 aliphatic rings. The normalized spacial score (nSPS) is 18.9. The van der Waals surface area contributed by atoms with Crippen LogP contribution in [-0.4, -0.2) is 21.0 Å². The monoisotopic (exact) mass is 228 g/mol. The molecule has 0 bridgehead atoms. The van der Waals surface area contributed by atoms with Gasteiger partial charge in [-0.2, -0.15) is 15.0 Å². The van der Waals surface area contributed by atoms with Crippen molar-refractivity contribution in [1.29, 1.82) is 0 Å². The second-order valence-corrected chi connectivity index (χ2v) is 4.81. The second-order valence-electron chi connectivity index (χ2n) is 4.81. The fraction of sp³-hybridized carbons (Fsp3) is 0.385. The highest BCUT2D eigenvalue weighted by Gasteiger charge is 2.47. The Hall–Kier alpha value is -1.68. The fourth-order valence-electron chi connectivity index (χ4n) is 2.42. The first-order valence-electron chi connectivity index (χ1n) is 5.95. The molecule has 0 saturated heterocycles. The maximum absolute atomic E-state index is 6.07. The van der Waals surface area contributed by atoms with E-state index in [0.717, 1.165) is 5.69 Å². The molecule has 17 heavy (non-hydrogen) atoms. The lowest BCUT2D eigenvalue weighted by atomic mass is 9.89. The van der Waals surface area contributed by atoms with Crippen molar-refractivity contribution >= 4 is 0 Å². The Balaban J connectivity index is 1.91. The molecular weight excluding hydrogens is 212 g/mol. The van der Waals surface area contributed by atoms with Crippen LogP contribution in [0.2, 0.25) is 0 Å². The number of hydrogen-bond acceptors (Lipinski definition) is 3. The van der Waals surface area contributed by atoms with Crippen molar-refractivity contribution in [2.24, 2.45) is 5.73 Å². The molecular formula is C13H16N4. The van der Waals surface area contributed by atoms with Crippen LogP contribution in [0.25, 0.3) is 5.69 Å². The van der Waals surface area contributed by atoms with Gasteiger partial charge in [0.1, 0.15) is 0 Å². The first kappa shape index (κ1) is 10.5. The van der Waals surface area contributed by atoms with Gasteiger partial charge in [-0.1, -0.05) is 12.1 Å². The van der Waals surface area contributed by atoms with Crippen molar-refractivity contribution in [1.82, 2.24) is 15.0 Å². The Morgan fingerprint density at radius 1 is 1.18 bits per heavy atom. The quantitative estimate of drug-likeness (QED) is 0.869. The molecule has 4 nitrogen and oxygen atoms in total. The van der Waals surface area contributed by atoms with Gasteiger partial charge in [-0.15, -0.1) is 0 Å². The predicted molar refractivity (Wildman–Crippen MR) is 65.9 cm³/mol. The van der Waals surface area contributed by atoms with E-state index < -0.39 is 0 Å². The van der Waals surface area contributed by atoms with Crippen molar-refractivity contribution < 1.29 is 0 Å². The van der Waals surface area contributed by atoms with Crippen LogP contribution in [0.4, 0.5) is 0 Å². The van der Waals surface area contributed by atoms with E-state index in [1.807, 2.05) is 0 Å². The summed E-state index contributed by atoms with van der Waals surface area (Å²) < 4.78 is 0. The van der Waals surface area contributed by atoms with Crippen LogP contribution in [0, 0.1) is 0 Å². The van der Waals surface area contributed by atoms with Crippen molar-refractivity contribution in [3.63, 3.8) is 0 Å². The van der Waals surface area contributed by atoms with Crippen molar-refractivity contribution in [2.45, 2.75) is 31.2 Å². The van der Waals surface area contributed by atoms with E-state index in [-0.39, 0.29) is 11.5 Å². The standard InChI is InChI=1S/C13H16N4/c1-10(14)13(6-7-13)11-2-4-12(5-3-11)17-15-8-9-16-17/h2-5,8-10H,6-7,14H2,1H3. The van der Waals surface area contributed by atoms with Gasteiger partial charge >= 0.3 is 0 Å². The summed E-state index contributed by atoms with van der Waals surface area (Å²) in [5.41, 5.74) is 8.61. The van der Waals surface area contributed by atoms with Crippen LogP contribution in [0.15, 0.2) is 36.7 Å². The van der Waals surface area contributed by atoms with Crippen LogP contribution in [0.5, 0.6) is 0 Å². The maximum atomic E-state index is 6.07. The third-order valence-electron chi connectivity index (χ3n) is 3.75. The fourth-order valence-corrected chi connectivity index (χ4v) is 2.42. The summed E-state index contributed by atoms with van der Waals surface area (Å²) >= 11 is 0. The minimum Gasteiger partial charge on any atom is -0.327 e. The molecule has 0 radical (unpaired) electrons. The number of nitrogens with zero attached hydrogens (tertiary/aromatic N) is 3. The van der Waals surface area contributed by atoms with E-state index in [0.29, 0.717) is 0 Å². The average Bonchev–Trinajstić information content (AvgIpc) is 2.98. The largest absolute Gasteiger partial charge is 0.327 e. The van der Waals surface area contributed by atoms with E-state index in [2.05, 4.69) is 41.4 Å². The SMILES string of the molecule is CC(N)C1(c2ccc(-n3nccn3)cc2)CC1. The molecule has 2 N–H and O–H groups in total. The Bertz CT molecular complexity index is 495. The molecule has 1 aromatic carbocycles. The van der Waals surface area contributed by atoms with Crippen LogP contribution in [0.1, 0.15) is 25.3 Å². The molecule has 4 heteroatoms. The molecule has 2 aromatic rings. The van der Waals surface area contributed by atoms with Crippen LogP contribution in [-0.2, 0) is 5.41 Å². The lowest BCUT2D eigenvalue weighted by molar-refractivity contribution is 0.556. The molecule has 1 heterocycles. The Kier molecular flexibility index (Phi) is 2.26. The first-order chi connectivity index (χ1) is 8.22. The van der Waals surface area contributed by atoms with Gasteiger partial charge in [-0.25, -0.2) is 0 Å². The molecule has 3 rings (SSSR count). The number of aromatic nitrogens is 3. The van der Waals surface area contributed by atoms with Gasteiger partial charge < -0.3 is 5.73 Å². The third-order valence-corrected chi connectivity index (χ3v) is 3.75. The highest BCUT2D eigenvalue weighted by atomic mass is 15.5. The molecule has 1 aliphatic carbocycles. The number of nitrogens with two attached hydrogens (primary N) is 1. The summed E-state index contributed by atoms with van der Waals surface area (Å²) in [5.74, 6) is 0. The Labute approximate surface area is 100 Å². The number of rotatable bonds is 3. The minimum atomic E-state index is 0.218. The van der Waals surface area contributed by atoms with Gasteiger partial charge in [-0.3, -0.25) is 0 Å². The van der Waals surface area contributed by atoms with Gasteiger partial charge in [0, 0.05) is 11.5 Å². The van der Waals surface area contributed by atoms with Gasteiger partial charge in [0.2, 0.25) is 0 Å². The summed E-state index contributed by atoms with van der Waals surface area (Å²) in [4.78, 5) is 1.62. The molecule has 0 spiro atoms. The van der Waals surface area contributed by atoms with Gasteiger partial charge in [0.05, 0.1) is 18.1 Å². The van der Waals surface area contributed by atoms with E-state index >= 15 is 0 Å². The zero-order valence-electron chi connectivity index (χ0n) is 9.87. The van der Waals surface area contributed by atoms with Crippen molar-refractivity contribution in [3.05, 3.63) is 42.2 Å². The zero-order chi connectivity index (χ0) is 11.9. The van der Waals surface area contributed by atoms with E-state index in [9.17, 15) is 0 Å². The molecule has 1 saturated carbocycles. The topological polar surface area (TPSA) is 56.7 Å². The van der Waals surface area contributed by atoms with Crippen LogP contribution < -0.4 is 5.73 Å². The minimum absolute atomic E-state index is 0.218. The lowest BCUT2D eigenvalue weighted by Crippen LogP contribution is -2.31. The number of benzene rings is 1. The van der Waals surface area contributed by atoms with Crippen molar-refractivity contribution in [2.75, 3.05) is 0 Å². The molecule has 1 fully saturated rings. The van der Waals surface area contributed by atoms with Crippen LogP contribution >= 0.6 is 0 Å². The van der Waals surface area contributed by atoms with E-state index in [1.54, 1.807) is 17.2 Å². The number of hydrogen-bond donors (Lipinski definition) is 1. The van der Waals surface area contributed by atoms with Gasteiger partial charge in [0.15, 0.2) is 0 Å². The molecule has 1 aromatic heterocycles. The molecule has 88 valence electrons. The molecule has 0 aliphatic heterocycles. The summed E-state index contributed by atoms with van der Waals surface area (Å²) in [6, 6.07) is 8.62. The van der Waals surface area contributed by atoms with E-state index in [4.69, 9.17) is 5.73 Å². The predicted octanol–water partition coefficient (Wildman–Crippen LogP) is 1.65. The highest BCUT2D eigenvalue weighted by molar-refractivity contribution is 5.40. The summed E-state index contributed by atoms with van der Waals surface area (Å²) in [6.45, 7) is 2.09. The molecule has 0 amide bonds. The lowest BCUT2D eigenvalue weighted by Gasteiger charge is -2.20. The van der Waals surface area contributed by atoms with Crippen LogP contribution in [0.3, 0.4) is 0 Å². The van der Waals surface area contributed by atoms with Gasteiger partial charge in [-0.05, 0) is 37.5 Å².